The number of benzene rings is 3. The molecule has 50 heavy (non-hydrogen) atoms. The molecule has 2 saturated carbocycles. The van der Waals surface area contributed by atoms with E-state index >= 15 is 0 Å². The van der Waals surface area contributed by atoms with Gasteiger partial charge in [-0.2, -0.15) is 13.2 Å². The lowest BCUT2D eigenvalue weighted by Gasteiger charge is -2.43. The maximum atomic E-state index is 14.0. The van der Waals surface area contributed by atoms with E-state index in [0.29, 0.717) is 28.6 Å². The van der Waals surface area contributed by atoms with E-state index in [1.54, 1.807) is 24.3 Å². The Balaban J connectivity index is 1.09. The van der Waals surface area contributed by atoms with Crippen molar-refractivity contribution in [3.05, 3.63) is 92.4 Å². The van der Waals surface area contributed by atoms with E-state index in [4.69, 9.17) is 9.47 Å². The van der Waals surface area contributed by atoms with E-state index in [1.165, 1.54) is 43.1 Å². The molecule has 3 amide bonds. The number of alkyl halides is 3. The summed E-state index contributed by atoms with van der Waals surface area (Å²) in [6, 6.07) is 15.6. The number of anilines is 2. The van der Waals surface area contributed by atoms with Gasteiger partial charge in [-0.05, 0) is 84.3 Å². The van der Waals surface area contributed by atoms with Crippen molar-refractivity contribution in [2.45, 2.75) is 28.8 Å². The van der Waals surface area contributed by atoms with Crippen LogP contribution in [0.15, 0.2) is 76.6 Å². The Hall–Kier alpha value is -4.76. The second kappa shape index (κ2) is 11.9. The van der Waals surface area contributed by atoms with Crippen molar-refractivity contribution >= 4 is 52.2 Å². The summed E-state index contributed by atoms with van der Waals surface area (Å²) in [4.78, 5) is 57.5. The Morgan fingerprint density at radius 3 is 2.46 bits per heavy atom. The molecule has 3 heterocycles. The second-order valence-corrected chi connectivity index (χ2v) is 15.0. The van der Waals surface area contributed by atoms with Gasteiger partial charge in [0, 0.05) is 21.7 Å². The fraction of sp³-hybridized carbons (Fsp3) is 0.314. The molecule has 3 aromatic carbocycles. The van der Waals surface area contributed by atoms with E-state index in [0.717, 1.165) is 38.8 Å². The van der Waals surface area contributed by atoms with Gasteiger partial charge in [0.2, 0.25) is 11.8 Å². The summed E-state index contributed by atoms with van der Waals surface area (Å²) in [5.74, 6) is -3.01. The standard InChI is InChI=1S/C35H28F3N3O7S2/c1-47-23-11-15(5-10-22(23)48-14-24(43)39-17-6-8-19(42)9-7-17)25-26-20-13-21(29(26)49-31-30(25)50-34(46)40-31)28-27(20)32(44)41(33(28)45)18-4-2-3-16(12-18)35(36,37)38/h2-12,20-21,25-29,42H,13-14H2,1H3,(H,39,43)(H,40,46)/t20-,21-,25+,26-,27+,28+,29-/m1/s1. The number of phenolic OH excluding ortho intramolecular Hbond substituents is 1. The van der Waals surface area contributed by atoms with Crippen molar-refractivity contribution < 1.29 is 42.1 Å². The molecule has 1 aromatic heterocycles. The number of aromatic hydroxyl groups is 1. The molecular formula is C35H28F3N3O7S2. The third kappa shape index (κ3) is 5.25. The van der Waals surface area contributed by atoms with Crippen molar-refractivity contribution in [1.82, 2.24) is 4.98 Å². The average molecular weight is 724 g/mol. The number of thioether (sulfide) groups is 1. The van der Waals surface area contributed by atoms with Crippen LogP contribution in [0.2, 0.25) is 0 Å². The number of halogens is 3. The van der Waals surface area contributed by atoms with Gasteiger partial charge in [-0.3, -0.25) is 24.1 Å². The first-order chi connectivity index (χ1) is 23.9. The van der Waals surface area contributed by atoms with E-state index in [-0.39, 0.29) is 51.8 Å². The maximum absolute atomic E-state index is 14.0. The molecule has 0 unspecified atom stereocenters. The van der Waals surface area contributed by atoms with Crippen molar-refractivity contribution in [1.29, 1.82) is 0 Å². The third-order valence-electron chi connectivity index (χ3n) is 10.2. The lowest BCUT2D eigenvalue weighted by atomic mass is 9.68. The number of hydrogen-bond donors (Lipinski definition) is 3. The van der Waals surface area contributed by atoms with Crippen LogP contribution in [-0.4, -0.2) is 46.8 Å². The quantitative estimate of drug-likeness (QED) is 0.159. The van der Waals surface area contributed by atoms with Gasteiger partial charge in [0.05, 0.1) is 35.2 Å². The SMILES string of the molecule is COc1cc([C@@H]2c3sc(=O)[nH]c3S[C@@H]3[C@@H]4C[C@@H]([C@@H]5C(=O)N(c6cccc(C(F)(F)F)c6)C(=O)[C@@H]45)[C@H]23)ccc1OCC(=O)Nc1ccc(O)cc1. The molecule has 7 atom stereocenters. The first-order valence-electron chi connectivity index (χ1n) is 15.8. The van der Waals surface area contributed by atoms with E-state index < -0.39 is 41.3 Å². The van der Waals surface area contributed by atoms with Gasteiger partial charge in [-0.25, -0.2) is 0 Å². The Morgan fingerprint density at radius 1 is 1.00 bits per heavy atom. The van der Waals surface area contributed by atoms with E-state index in [9.17, 15) is 37.5 Å². The van der Waals surface area contributed by atoms with Gasteiger partial charge in [0.15, 0.2) is 18.1 Å². The normalized spacial score (nSPS) is 26.4. The molecule has 3 N–H and O–H groups in total. The number of amides is 3. The van der Waals surface area contributed by atoms with Crippen molar-refractivity contribution in [2.75, 3.05) is 23.9 Å². The number of thiazole rings is 1. The number of aromatic amines is 1. The molecule has 1 saturated heterocycles. The predicted octanol–water partition coefficient (Wildman–Crippen LogP) is 5.86. The highest BCUT2D eigenvalue weighted by atomic mass is 32.2. The molecule has 2 bridgehead atoms. The number of carbonyl (C=O) groups is 3. The van der Waals surface area contributed by atoms with Crippen LogP contribution in [0.3, 0.4) is 0 Å². The van der Waals surface area contributed by atoms with E-state index in [2.05, 4.69) is 10.3 Å². The number of carbonyl (C=O) groups excluding carboxylic acids is 3. The number of hydrogen-bond acceptors (Lipinski definition) is 9. The minimum Gasteiger partial charge on any atom is -0.508 e. The fourth-order valence-electron chi connectivity index (χ4n) is 8.35. The average Bonchev–Trinajstić information content (AvgIpc) is 3.83. The van der Waals surface area contributed by atoms with Gasteiger partial charge in [0.1, 0.15) is 5.75 Å². The number of imide groups is 1. The molecule has 258 valence electrons. The monoisotopic (exact) mass is 723 g/mol. The lowest BCUT2D eigenvalue weighted by Crippen LogP contribution is -2.42. The van der Waals surface area contributed by atoms with Crippen molar-refractivity contribution in [3.8, 4) is 17.2 Å². The van der Waals surface area contributed by atoms with Crippen molar-refractivity contribution in [2.24, 2.45) is 29.6 Å². The summed E-state index contributed by atoms with van der Waals surface area (Å²) < 4.78 is 52.1. The highest BCUT2D eigenvalue weighted by molar-refractivity contribution is 8.00. The Labute approximate surface area is 290 Å². The molecule has 4 aromatic rings. The van der Waals surface area contributed by atoms with Crippen LogP contribution >= 0.6 is 23.1 Å². The second-order valence-electron chi connectivity index (χ2n) is 12.8. The maximum Gasteiger partial charge on any atom is 0.416 e. The number of nitrogens with one attached hydrogen (secondary N) is 2. The van der Waals surface area contributed by atoms with Gasteiger partial charge in [0.25, 0.3) is 5.91 Å². The van der Waals surface area contributed by atoms with Crippen LogP contribution in [0.25, 0.3) is 0 Å². The molecule has 10 nitrogen and oxygen atoms in total. The summed E-state index contributed by atoms with van der Waals surface area (Å²) in [5.41, 5.74) is 0.257. The number of rotatable bonds is 7. The van der Waals surface area contributed by atoms with Crippen LogP contribution in [0.1, 0.15) is 28.3 Å². The smallest absolute Gasteiger partial charge is 0.416 e. The Bertz CT molecular complexity index is 2100. The third-order valence-corrected chi connectivity index (χ3v) is 12.8. The molecule has 2 aliphatic heterocycles. The number of nitrogens with zero attached hydrogens (tertiary/aromatic N) is 1. The van der Waals surface area contributed by atoms with Crippen LogP contribution in [0.5, 0.6) is 17.2 Å². The molecule has 0 radical (unpaired) electrons. The largest absolute Gasteiger partial charge is 0.508 e. The number of methoxy groups -OCH3 is 1. The number of phenols is 1. The first kappa shape index (κ1) is 32.4. The molecule has 4 aliphatic rings. The van der Waals surface area contributed by atoms with Gasteiger partial charge in [-0.1, -0.05) is 23.5 Å². The number of ether oxygens (including phenoxy) is 2. The van der Waals surface area contributed by atoms with Gasteiger partial charge in [-0.15, -0.1) is 11.8 Å². The fourth-order valence-corrected chi connectivity index (χ4v) is 11.2. The molecule has 15 heteroatoms. The van der Waals surface area contributed by atoms with Crippen LogP contribution in [-0.2, 0) is 20.6 Å². The summed E-state index contributed by atoms with van der Waals surface area (Å²) in [6.45, 7) is -0.323. The number of aromatic nitrogens is 1. The van der Waals surface area contributed by atoms with Crippen LogP contribution < -0.4 is 24.6 Å². The summed E-state index contributed by atoms with van der Waals surface area (Å²) in [6.07, 6.45) is -4.03. The number of fused-ring (bicyclic) bond motifs is 9. The Morgan fingerprint density at radius 2 is 1.74 bits per heavy atom. The summed E-state index contributed by atoms with van der Waals surface area (Å²) in [5, 5.41) is 12.7. The zero-order valence-electron chi connectivity index (χ0n) is 26.1. The summed E-state index contributed by atoms with van der Waals surface area (Å²) in [7, 11) is 1.47. The lowest BCUT2D eigenvalue weighted by molar-refractivity contribution is -0.137. The summed E-state index contributed by atoms with van der Waals surface area (Å²) >= 11 is 2.59. The molecular weight excluding hydrogens is 696 g/mol. The minimum atomic E-state index is -4.63. The predicted molar refractivity (Wildman–Crippen MR) is 178 cm³/mol. The highest BCUT2D eigenvalue weighted by Gasteiger charge is 2.69. The molecule has 0 spiro atoms. The zero-order valence-corrected chi connectivity index (χ0v) is 27.7. The first-order valence-corrected chi connectivity index (χ1v) is 17.5. The van der Waals surface area contributed by atoms with Gasteiger partial charge < -0.3 is 24.9 Å². The molecule has 3 fully saturated rings. The van der Waals surface area contributed by atoms with Gasteiger partial charge >= 0.3 is 11.0 Å². The zero-order chi connectivity index (χ0) is 35.1. The topological polar surface area (TPSA) is 138 Å². The highest BCUT2D eigenvalue weighted by Crippen LogP contribution is 2.69. The molecule has 2 aliphatic carbocycles. The Kier molecular flexibility index (Phi) is 7.75. The number of H-pyrrole nitrogens is 1. The van der Waals surface area contributed by atoms with Crippen molar-refractivity contribution in [3.63, 3.8) is 0 Å². The minimum absolute atomic E-state index is 0.0664. The van der Waals surface area contributed by atoms with Crippen LogP contribution in [0.4, 0.5) is 24.5 Å². The molecule has 8 rings (SSSR count). The van der Waals surface area contributed by atoms with E-state index in [1.807, 2.05) is 6.07 Å². The van der Waals surface area contributed by atoms with Crippen LogP contribution in [0, 0.1) is 29.6 Å².